The molecular formula is C9H14N4O. The first kappa shape index (κ1) is 9.21. The van der Waals surface area contributed by atoms with Crippen LogP contribution in [0.1, 0.15) is 18.2 Å². The number of aromatic amines is 1. The number of aryl methyl sites for hydroxylation is 1. The van der Waals surface area contributed by atoms with Crippen LogP contribution in [-0.4, -0.2) is 29.2 Å². The van der Waals surface area contributed by atoms with E-state index in [-0.39, 0.29) is 11.4 Å². The van der Waals surface area contributed by atoms with Gasteiger partial charge in [-0.3, -0.25) is 15.2 Å². The van der Waals surface area contributed by atoms with Crippen LogP contribution in [0, 0.1) is 6.92 Å². The highest BCUT2D eigenvalue weighted by Gasteiger charge is 2.33. The Morgan fingerprint density at radius 1 is 1.57 bits per heavy atom. The largest absolute Gasteiger partial charge is 0.353 e. The van der Waals surface area contributed by atoms with E-state index in [0.29, 0.717) is 13.1 Å². The summed E-state index contributed by atoms with van der Waals surface area (Å²) < 4.78 is 0. The van der Waals surface area contributed by atoms with Crippen LogP contribution in [0.25, 0.3) is 0 Å². The fourth-order valence-electron chi connectivity index (χ4n) is 1.77. The Bertz CT molecular complexity index is 347. The van der Waals surface area contributed by atoms with Gasteiger partial charge in [0.25, 0.3) is 0 Å². The van der Waals surface area contributed by atoms with Crippen LogP contribution >= 0.6 is 0 Å². The molecule has 1 aliphatic rings. The molecule has 5 nitrogen and oxygen atoms in total. The van der Waals surface area contributed by atoms with E-state index >= 15 is 0 Å². The molecule has 0 radical (unpaired) electrons. The van der Waals surface area contributed by atoms with Crippen LogP contribution in [0.2, 0.25) is 0 Å². The molecule has 1 aromatic heterocycles. The number of H-pyrrole nitrogens is 1. The van der Waals surface area contributed by atoms with Gasteiger partial charge in [0.05, 0.1) is 18.3 Å². The van der Waals surface area contributed by atoms with E-state index in [9.17, 15) is 4.79 Å². The van der Waals surface area contributed by atoms with Crippen molar-refractivity contribution in [1.29, 1.82) is 0 Å². The lowest BCUT2D eigenvalue weighted by molar-refractivity contribution is -0.122. The molecule has 1 unspecified atom stereocenters. The second-order valence-electron chi connectivity index (χ2n) is 3.87. The summed E-state index contributed by atoms with van der Waals surface area (Å²) in [6, 6.07) is 0. The van der Waals surface area contributed by atoms with Gasteiger partial charge in [0.2, 0.25) is 5.91 Å². The first-order chi connectivity index (χ1) is 6.62. The maximum Gasteiger partial charge on any atom is 0.234 e. The van der Waals surface area contributed by atoms with E-state index in [2.05, 4.69) is 27.8 Å². The molecule has 0 aliphatic carbocycles. The molecule has 1 atom stereocenters. The number of amides is 1. The molecule has 76 valence electrons. The molecule has 1 aromatic rings. The summed E-state index contributed by atoms with van der Waals surface area (Å²) in [5.41, 5.74) is 1.94. The predicted molar refractivity (Wildman–Crippen MR) is 51.7 cm³/mol. The number of hydrogen-bond acceptors (Lipinski definition) is 3. The maximum atomic E-state index is 11.0. The molecule has 0 spiro atoms. The molecule has 1 aliphatic heterocycles. The molecule has 2 heterocycles. The van der Waals surface area contributed by atoms with E-state index < -0.39 is 0 Å². The number of nitrogens with one attached hydrogen (secondary N) is 3. The Labute approximate surface area is 82.3 Å². The lowest BCUT2D eigenvalue weighted by Gasteiger charge is -2.34. The summed E-state index contributed by atoms with van der Waals surface area (Å²) in [5, 5.41) is 12.9. The minimum absolute atomic E-state index is 0.0450. The van der Waals surface area contributed by atoms with Crippen LogP contribution in [0.15, 0.2) is 6.20 Å². The third-order valence-corrected chi connectivity index (χ3v) is 2.70. The topological polar surface area (TPSA) is 69.8 Å². The average Bonchev–Trinajstić information content (AvgIpc) is 2.58. The number of hydrogen-bond donors (Lipinski definition) is 3. The highest BCUT2D eigenvalue weighted by atomic mass is 16.2. The first-order valence-electron chi connectivity index (χ1n) is 4.64. The lowest BCUT2D eigenvalue weighted by atomic mass is 9.91. The highest BCUT2D eigenvalue weighted by Crippen LogP contribution is 2.22. The standard InChI is InChI=1S/C9H14N4O/c1-6-7(3-12-13-6)9(2)5-10-8(14)4-11-9/h3,11H,4-5H2,1-2H3,(H,10,14)(H,12,13). The molecule has 14 heavy (non-hydrogen) atoms. The lowest BCUT2D eigenvalue weighted by Crippen LogP contribution is -2.57. The average molecular weight is 194 g/mol. The summed E-state index contributed by atoms with van der Waals surface area (Å²) in [6.45, 7) is 5.00. The molecule has 5 heteroatoms. The minimum atomic E-state index is -0.203. The molecular weight excluding hydrogens is 180 g/mol. The fourth-order valence-corrected chi connectivity index (χ4v) is 1.77. The summed E-state index contributed by atoms with van der Waals surface area (Å²) in [7, 11) is 0. The van der Waals surface area contributed by atoms with Gasteiger partial charge in [-0.1, -0.05) is 0 Å². The molecule has 1 fully saturated rings. The smallest absolute Gasteiger partial charge is 0.234 e. The van der Waals surface area contributed by atoms with Crippen LogP contribution in [0.5, 0.6) is 0 Å². The Hall–Kier alpha value is -1.36. The number of carbonyl (C=O) groups excluding carboxylic acids is 1. The Balaban J connectivity index is 2.25. The van der Waals surface area contributed by atoms with E-state index in [1.165, 1.54) is 0 Å². The molecule has 0 saturated carbocycles. The number of piperazine rings is 1. The Kier molecular flexibility index (Phi) is 2.03. The van der Waals surface area contributed by atoms with Gasteiger partial charge in [-0.15, -0.1) is 0 Å². The maximum absolute atomic E-state index is 11.0. The van der Waals surface area contributed by atoms with Gasteiger partial charge in [-0.25, -0.2) is 0 Å². The summed E-state index contributed by atoms with van der Waals surface area (Å²) in [5.74, 6) is 0.0450. The highest BCUT2D eigenvalue weighted by molar-refractivity contribution is 5.79. The number of aromatic nitrogens is 2. The van der Waals surface area contributed by atoms with Crippen molar-refractivity contribution < 1.29 is 4.79 Å². The molecule has 1 saturated heterocycles. The zero-order valence-electron chi connectivity index (χ0n) is 8.35. The van der Waals surface area contributed by atoms with Gasteiger partial charge >= 0.3 is 0 Å². The van der Waals surface area contributed by atoms with E-state index in [1.807, 2.05) is 6.92 Å². The molecule has 2 rings (SSSR count). The van der Waals surface area contributed by atoms with Crippen LogP contribution < -0.4 is 10.6 Å². The van der Waals surface area contributed by atoms with E-state index in [4.69, 9.17) is 0 Å². The zero-order chi connectivity index (χ0) is 10.2. The monoisotopic (exact) mass is 194 g/mol. The van der Waals surface area contributed by atoms with Gasteiger partial charge < -0.3 is 5.32 Å². The third-order valence-electron chi connectivity index (χ3n) is 2.70. The van der Waals surface area contributed by atoms with Crippen LogP contribution in [-0.2, 0) is 10.3 Å². The molecule has 3 N–H and O–H groups in total. The Morgan fingerprint density at radius 2 is 2.36 bits per heavy atom. The van der Waals surface area contributed by atoms with Gasteiger partial charge in [-0.05, 0) is 13.8 Å². The van der Waals surface area contributed by atoms with Crippen molar-refractivity contribution in [3.8, 4) is 0 Å². The van der Waals surface area contributed by atoms with Crippen LogP contribution in [0.4, 0.5) is 0 Å². The van der Waals surface area contributed by atoms with Gasteiger partial charge in [0.1, 0.15) is 0 Å². The van der Waals surface area contributed by atoms with Gasteiger partial charge in [0, 0.05) is 17.8 Å². The van der Waals surface area contributed by atoms with Gasteiger partial charge in [0.15, 0.2) is 0 Å². The quantitative estimate of drug-likeness (QED) is 0.572. The van der Waals surface area contributed by atoms with Crippen molar-refractivity contribution in [1.82, 2.24) is 20.8 Å². The normalized spacial score (nSPS) is 27.4. The molecule has 0 aromatic carbocycles. The first-order valence-corrected chi connectivity index (χ1v) is 4.64. The number of rotatable bonds is 1. The summed E-state index contributed by atoms with van der Waals surface area (Å²) in [4.78, 5) is 11.0. The van der Waals surface area contributed by atoms with Crippen molar-refractivity contribution >= 4 is 5.91 Å². The zero-order valence-corrected chi connectivity index (χ0v) is 8.35. The predicted octanol–water partition coefficient (Wildman–Crippen LogP) is -0.347. The van der Waals surface area contributed by atoms with Crippen molar-refractivity contribution in [3.05, 3.63) is 17.5 Å². The van der Waals surface area contributed by atoms with Crippen molar-refractivity contribution in [2.75, 3.05) is 13.1 Å². The SMILES string of the molecule is Cc1[nH]ncc1C1(C)CNC(=O)CN1. The fraction of sp³-hybridized carbons (Fsp3) is 0.556. The second kappa shape index (κ2) is 3.09. The van der Waals surface area contributed by atoms with E-state index in [1.54, 1.807) is 6.20 Å². The third kappa shape index (κ3) is 1.39. The minimum Gasteiger partial charge on any atom is -0.353 e. The van der Waals surface area contributed by atoms with Crippen LogP contribution in [0.3, 0.4) is 0 Å². The van der Waals surface area contributed by atoms with Gasteiger partial charge in [-0.2, -0.15) is 5.10 Å². The van der Waals surface area contributed by atoms with Crippen molar-refractivity contribution in [2.45, 2.75) is 19.4 Å². The number of carbonyl (C=O) groups is 1. The number of nitrogens with zero attached hydrogens (tertiary/aromatic N) is 1. The second-order valence-corrected chi connectivity index (χ2v) is 3.87. The van der Waals surface area contributed by atoms with Crippen molar-refractivity contribution in [2.24, 2.45) is 0 Å². The molecule has 1 amide bonds. The summed E-state index contributed by atoms with van der Waals surface area (Å²) in [6.07, 6.45) is 1.81. The summed E-state index contributed by atoms with van der Waals surface area (Å²) >= 11 is 0. The van der Waals surface area contributed by atoms with Crippen molar-refractivity contribution in [3.63, 3.8) is 0 Å². The van der Waals surface area contributed by atoms with E-state index in [0.717, 1.165) is 11.3 Å². The molecule has 0 bridgehead atoms. The Morgan fingerprint density at radius 3 is 2.86 bits per heavy atom.